The van der Waals surface area contributed by atoms with E-state index in [0.717, 1.165) is 16.7 Å². The normalized spacial score (nSPS) is 13.4. The van der Waals surface area contributed by atoms with E-state index in [1.54, 1.807) is 0 Å². The third kappa shape index (κ3) is 3.29. The van der Waals surface area contributed by atoms with E-state index in [4.69, 9.17) is 15.0 Å². The summed E-state index contributed by atoms with van der Waals surface area (Å²) in [7, 11) is 0. The molecule has 4 nitrogen and oxygen atoms in total. The molecule has 0 fully saturated rings. The summed E-state index contributed by atoms with van der Waals surface area (Å²) in [5.74, 6) is 2.02. The predicted molar refractivity (Wildman–Crippen MR) is 167 cm³/mol. The average molecular weight is 519 g/mol. The van der Waals surface area contributed by atoms with E-state index in [-0.39, 0.29) is 8.27 Å². The molecule has 194 valence electrons. The van der Waals surface area contributed by atoms with Crippen LogP contribution >= 0.6 is 0 Å². The van der Waals surface area contributed by atoms with Crippen LogP contribution in [0.15, 0.2) is 121 Å². The van der Waals surface area contributed by atoms with Gasteiger partial charge in [-0.15, -0.1) is 0 Å². The minimum Gasteiger partial charge on any atom is -0.309 e. The Morgan fingerprint density at radius 1 is 0.525 bits per heavy atom. The summed E-state index contributed by atoms with van der Waals surface area (Å²) >= 11 is 0. The molecule has 40 heavy (non-hydrogen) atoms. The number of benzene rings is 5. The van der Waals surface area contributed by atoms with Crippen molar-refractivity contribution in [2.45, 2.75) is 19.3 Å². The zero-order chi connectivity index (χ0) is 26.8. The molecule has 0 radical (unpaired) electrons. The number of hydrogen-bond acceptors (Lipinski definition) is 3. The lowest BCUT2D eigenvalue weighted by molar-refractivity contribution is 0.630. The third-order valence-corrected chi connectivity index (χ3v) is 8.22. The Hall–Kier alpha value is -5.09. The zero-order valence-electron chi connectivity index (χ0n) is 22.3. The molecule has 0 aliphatic carbocycles. The van der Waals surface area contributed by atoms with Gasteiger partial charge >= 0.3 is 0 Å². The third-order valence-electron chi connectivity index (χ3n) is 8.22. The van der Waals surface area contributed by atoms with Crippen molar-refractivity contribution in [3.63, 3.8) is 0 Å². The number of fused-ring (bicyclic) bond motifs is 5. The Morgan fingerprint density at radius 3 is 1.75 bits per heavy atom. The average Bonchev–Trinajstić information content (AvgIpc) is 3.35. The smallest absolute Gasteiger partial charge is 0.164 e. The van der Waals surface area contributed by atoms with Gasteiger partial charge in [-0.25, -0.2) is 15.0 Å². The van der Waals surface area contributed by atoms with Crippen LogP contribution < -0.4 is 0 Å². The van der Waals surface area contributed by atoms with E-state index in [1.165, 1.54) is 38.6 Å². The quantitative estimate of drug-likeness (QED) is 0.234. The number of rotatable bonds is 3. The van der Waals surface area contributed by atoms with Crippen molar-refractivity contribution in [3.05, 3.63) is 132 Å². The van der Waals surface area contributed by atoms with Gasteiger partial charge in [0.25, 0.3) is 0 Å². The minimum absolute atomic E-state index is 0. The van der Waals surface area contributed by atoms with Crippen molar-refractivity contribution >= 4 is 21.8 Å². The molecule has 0 spiro atoms. The second-order valence-electron chi connectivity index (χ2n) is 11.0. The summed E-state index contributed by atoms with van der Waals surface area (Å²) in [5, 5.41) is 2.45. The van der Waals surface area contributed by atoms with E-state index >= 15 is 0 Å². The van der Waals surface area contributed by atoms with Crippen LogP contribution in [0.4, 0.5) is 0 Å². The molecule has 0 saturated heterocycles. The maximum Gasteiger partial charge on any atom is 0.164 e. The molecule has 1 aliphatic rings. The van der Waals surface area contributed by atoms with Crippen LogP contribution in [0.5, 0.6) is 0 Å². The topological polar surface area (TPSA) is 43.6 Å². The van der Waals surface area contributed by atoms with Gasteiger partial charge in [-0.1, -0.05) is 111 Å². The summed E-state index contributed by atoms with van der Waals surface area (Å²) in [4.78, 5) is 15.0. The maximum absolute atomic E-state index is 5.05. The molecule has 0 amide bonds. The molecule has 1 aliphatic heterocycles. The summed E-state index contributed by atoms with van der Waals surface area (Å²) in [6.45, 7) is 4.65. The maximum atomic E-state index is 5.05. The van der Waals surface area contributed by atoms with Crippen molar-refractivity contribution in [3.8, 4) is 39.9 Å². The van der Waals surface area contributed by atoms with E-state index in [9.17, 15) is 0 Å². The molecule has 5 aromatic carbocycles. The van der Waals surface area contributed by atoms with Crippen LogP contribution in [0.25, 0.3) is 61.7 Å². The Morgan fingerprint density at radius 2 is 1.07 bits per heavy atom. The van der Waals surface area contributed by atoms with Crippen molar-refractivity contribution in [1.29, 1.82) is 0 Å². The van der Waals surface area contributed by atoms with Crippen molar-refractivity contribution in [2.75, 3.05) is 0 Å². The van der Waals surface area contributed by atoms with Crippen LogP contribution in [-0.2, 0) is 5.41 Å². The minimum atomic E-state index is -0.202. The van der Waals surface area contributed by atoms with E-state index in [0.29, 0.717) is 17.5 Å². The molecule has 0 N–H and O–H groups in total. The summed E-state index contributed by atoms with van der Waals surface area (Å²) in [6, 6.07) is 42.3. The fourth-order valence-electron chi connectivity index (χ4n) is 6.23. The zero-order valence-corrected chi connectivity index (χ0v) is 22.3. The molecule has 0 atom stereocenters. The standard InChI is InChI=1S/C36H26N4.2H2/c1-36(2)28-18-10-12-20-31(28)40-30-19-11-9-17-26(30)27-21-25(22-29(36)32(27)40)35-38-33(23-13-5-3-6-14-23)37-34(39-35)24-15-7-4-8-16-24;;/h3-22H,1-2H3;2*1H. The van der Waals surface area contributed by atoms with Crippen molar-refractivity contribution < 1.29 is 2.85 Å². The van der Waals surface area contributed by atoms with Crippen LogP contribution in [0.1, 0.15) is 27.8 Å². The van der Waals surface area contributed by atoms with Crippen LogP contribution in [-0.4, -0.2) is 19.5 Å². The van der Waals surface area contributed by atoms with Gasteiger partial charge in [-0.05, 0) is 35.4 Å². The predicted octanol–water partition coefficient (Wildman–Crippen LogP) is 9.10. The highest BCUT2D eigenvalue weighted by atomic mass is 15.0. The van der Waals surface area contributed by atoms with Gasteiger partial charge in [-0.3, -0.25) is 0 Å². The van der Waals surface area contributed by atoms with Gasteiger partial charge in [0, 0.05) is 35.7 Å². The molecule has 0 bridgehead atoms. The van der Waals surface area contributed by atoms with E-state index < -0.39 is 0 Å². The first-order valence-corrected chi connectivity index (χ1v) is 13.6. The van der Waals surface area contributed by atoms with Gasteiger partial charge in [0.2, 0.25) is 0 Å². The van der Waals surface area contributed by atoms with E-state index in [1.807, 2.05) is 36.4 Å². The molecule has 4 heteroatoms. The SMILES string of the molecule is CC1(C)c2ccccc2-n2c3ccccc3c3cc(-c4nc(-c5ccccc5)nc(-c5ccccc5)n4)cc1c32.[HH].[HH]. The monoisotopic (exact) mass is 518 g/mol. The highest BCUT2D eigenvalue weighted by Crippen LogP contribution is 2.48. The van der Waals surface area contributed by atoms with Crippen molar-refractivity contribution in [2.24, 2.45) is 0 Å². The highest BCUT2D eigenvalue weighted by molar-refractivity contribution is 6.12. The van der Waals surface area contributed by atoms with Gasteiger partial charge in [0.15, 0.2) is 17.5 Å². The Labute approximate surface area is 235 Å². The van der Waals surface area contributed by atoms with Crippen molar-refractivity contribution in [1.82, 2.24) is 19.5 Å². The van der Waals surface area contributed by atoms with Gasteiger partial charge in [0.05, 0.1) is 16.7 Å². The first-order valence-electron chi connectivity index (χ1n) is 13.6. The number of aromatic nitrogens is 4. The second-order valence-corrected chi connectivity index (χ2v) is 11.0. The lowest BCUT2D eigenvalue weighted by atomic mass is 9.74. The lowest BCUT2D eigenvalue weighted by Crippen LogP contribution is -2.26. The van der Waals surface area contributed by atoms with Crippen LogP contribution in [0.2, 0.25) is 0 Å². The second kappa shape index (κ2) is 8.45. The Kier molecular flexibility index (Phi) is 4.83. The molecular formula is C36H30N4. The molecular weight excluding hydrogens is 488 g/mol. The summed E-state index contributed by atoms with van der Waals surface area (Å²) < 4.78 is 2.43. The molecule has 8 rings (SSSR count). The lowest BCUT2D eigenvalue weighted by Gasteiger charge is -2.35. The first-order chi connectivity index (χ1) is 19.6. The number of para-hydroxylation sites is 2. The van der Waals surface area contributed by atoms with Crippen LogP contribution in [0, 0.1) is 0 Å². The van der Waals surface area contributed by atoms with Gasteiger partial charge < -0.3 is 4.57 Å². The van der Waals surface area contributed by atoms with Gasteiger partial charge in [-0.2, -0.15) is 0 Å². The molecule has 7 aromatic rings. The van der Waals surface area contributed by atoms with E-state index in [2.05, 4.69) is 103 Å². The highest BCUT2D eigenvalue weighted by Gasteiger charge is 2.35. The largest absolute Gasteiger partial charge is 0.309 e. The van der Waals surface area contributed by atoms with Crippen LogP contribution in [0.3, 0.4) is 0 Å². The molecule has 0 unspecified atom stereocenters. The number of hydrogen-bond donors (Lipinski definition) is 0. The van der Waals surface area contributed by atoms with Gasteiger partial charge in [0.1, 0.15) is 0 Å². The molecule has 2 aromatic heterocycles. The Balaban J connectivity index is 0.00000158. The fraction of sp³-hybridized carbons (Fsp3) is 0.0833. The first kappa shape index (κ1) is 22.9. The molecule has 3 heterocycles. The fourth-order valence-corrected chi connectivity index (χ4v) is 6.23. The summed E-state index contributed by atoms with van der Waals surface area (Å²) in [6.07, 6.45) is 0. The molecule has 0 saturated carbocycles. The number of nitrogens with zero attached hydrogens (tertiary/aromatic N) is 4. The Bertz CT molecular complexity index is 2030. The summed E-state index contributed by atoms with van der Waals surface area (Å²) in [5.41, 5.74) is 9.04.